The summed E-state index contributed by atoms with van der Waals surface area (Å²) in [6, 6.07) is 7.68. The molecule has 1 aliphatic rings. The fourth-order valence-corrected chi connectivity index (χ4v) is 2.76. The van der Waals surface area contributed by atoms with E-state index in [4.69, 9.17) is 21.1 Å². The number of rotatable bonds is 6. The number of aryl methyl sites for hydroxylation is 1. The van der Waals surface area contributed by atoms with Crippen LogP contribution in [0.15, 0.2) is 43.0 Å². The molecular formula is C16H19Cl2FN2O2. The van der Waals surface area contributed by atoms with Crippen molar-refractivity contribution in [2.45, 2.75) is 31.3 Å². The first kappa shape index (κ1) is 18.2. The van der Waals surface area contributed by atoms with Crippen LogP contribution in [0.25, 0.3) is 0 Å². The van der Waals surface area contributed by atoms with E-state index >= 15 is 0 Å². The summed E-state index contributed by atoms with van der Waals surface area (Å²) in [4.78, 5) is 4.03. The smallest absolute Gasteiger partial charge is 0.187 e. The molecule has 1 fully saturated rings. The molecule has 0 bridgehead atoms. The molecule has 0 saturated carbocycles. The first-order valence-corrected chi connectivity index (χ1v) is 7.65. The maximum atomic E-state index is 12.9. The van der Waals surface area contributed by atoms with E-state index in [0.717, 1.165) is 12.0 Å². The summed E-state index contributed by atoms with van der Waals surface area (Å²) in [6.07, 6.45) is 6.18. The van der Waals surface area contributed by atoms with Gasteiger partial charge in [-0.05, 0) is 24.1 Å². The van der Waals surface area contributed by atoms with Gasteiger partial charge in [-0.15, -0.1) is 12.4 Å². The topological polar surface area (TPSA) is 36.3 Å². The summed E-state index contributed by atoms with van der Waals surface area (Å²) >= 11 is 5.90. The summed E-state index contributed by atoms with van der Waals surface area (Å²) in [5.74, 6) is -0.808. The molecule has 0 amide bonds. The molecule has 0 spiro atoms. The largest absolute Gasteiger partial charge is 0.345 e. The second-order valence-corrected chi connectivity index (χ2v) is 5.91. The maximum Gasteiger partial charge on any atom is 0.187 e. The number of hydrogen-bond acceptors (Lipinski definition) is 3. The van der Waals surface area contributed by atoms with Gasteiger partial charge in [0, 0.05) is 23.8 Å². The Morgan fingerprint density at radius 2 is 2.13 bits per heavy atom. The molecule has 126 valence electrons. The molecule has 3 rings (SSSR count). The SMILES string of the molecule is Cl.FC[C@@H]1CO[C@@](CCc2ccc(Cl)cc2)(Cn2ccnc2)O1. The van der Waals surface area contributed by atoms with Gasteiger partial charge in [-0.3, -0.25) is 0 Å². The average molecular weight is 361 g/mol. The summed E-state index contributed by atoms with van der Waals surface area (Å²) in [5, 5.41) is 0.711. The second kappa shape index (κ2) is 8.11. The summed E-state index contributed by atoms with van der Waals surface area (Å²) in [7, 11) is 0. The van der Waals surface area contributed by atoms with Gasteiger partial charge < -0.3 is 14.0 Å². The van der Waals surface area contributed by atoms with Gasteiger partial charge in [-0.1, -0.05) is 23.7 Å². The highest BCUT2D eigenvalue weighted by Gasteiger charge is 2.41. The Morgan fingerprint density at radius 3 is 2.74 bits per heavy atom. The van der Waals surface area contributed by atoms with Gasteiger partial charge >= 0.3 is 0 Å². The van der Waals surface area contributed by atoms with E-state index in [2.05, 4.69) is 4.98 Å². The van der Waals surface area contributed by atoms with E-state index in [1.165, 1.54) is 0 Å². The molecule has 1 aromatic heterocycles. The Hall–Kier alpha value is -1.14. The Labute approximate surface area is 146 Å². The number of nitrogens with zero attached hydrogens (tertiary/aromatic N) is 2. The fraction of sp³-hybridized carbons (Fsp3) is 0.438. The van der Waals surface area contributed by atoms with Gasteiger partial charge in [-0.2, -0.15) is 0 Å². The fourth-order valence-electron chi connectivity index (χ4n) is 2.63. The van der Waals surface area contributed by atoms with Crippen LogP contribution in [0.1, 0.15) is 12.0 Å². The summed E-state index contributed by atoms with van der Waals surface area (Å²) in [6.45, 7) is 0.246. The van der Waals surface area contributed by atoms with Crippen molar-refractivity contribution in [2.24, 2.45) is 0 Å². The van der Waals surface area contributed by atoms with E-state index in [0.29, 0.717) is 18.0 Å². The number of ether oxygens (including phenoxy) is 2. The predicted molar refractivity (Wildman–Crippen MR) is 88.8 cm³/mol. The van der Waals surface area contributed by atoms with E-state index < -0.39 is 18.6 Å². The van der Waals surface area contributed by atoms with E-state index in [1.807, 2.05) is 35.0 Å². The minimum absolute atomic E-state index is 0. The van der Waals surface area contributed by atoms with Gasteiger partial charge in [0.1, 0.15) is 12.8 Å². The van der Waals surface area contributed by atoms with Crippen LogP contribution in [-0.4, -0.2) is 34.7 Å². The number of halogens is 3. The Balaban J connectivity index is 0.00000192. The van der Waals surface area contributed by atoms with Gasteiger partial charge in [0.15, 0.2) is 5.79 Å². The van der Waals surface area contributed by atoms with Crippen LogP contribution in [-0.2, 0) is 22.4 Å². The van der Waals surface area contributed by atoms with Crippen LogP contribution >= 0.6 is 24.0 Å². The first-order valence-electron chi connectivity index (χ1n) is 7.27. The van der Waals surface area contributed by atoms with Gasteiger partial charge in [-0.25, -0.2) is 9.37 Å². The van der Waals surface area contributed by atoms with Crippen LogP contribution in [0, 0.1) is 0 Å². The predicted octanol–water partition coefficient (Wildman–Crippen LogP) is 3.67. The molecule has 0 N–H and O–H groups in total. The van der Waals surface area contributed by atoms with Crippen molar-refractivity contribution in [1.82, 2.24) is 9.55 Å². The minimum atomic E-state index is -0.808. The van der Waals surface area contributed by atoms with Crippen molar-refractivity contribution in [1.29, 1.82) is 0 Å². The molecule has 0 unspecified atom stereocenters. The van der Waals surface area contributed by atoms with Gasteiger partial charge in [0.2, 0.25) is 0 Å². The van der Waals surface area contributed by atoms with Crippen LogP contribution < -0.4 is 0 Å². The van der Waals surface area contributed by atoms with Gasteiger partial charge in [0.25, 0.3) is 0 Å². The lowest BCUT2D eigenvalue weighted by Crippen LogP contribution is -2.37. The highest BCUT2D eigenvalue weighted by molar-refractivity contribution is 6.30. The standard InChI is InChI=1S/C16H18ClFN2O2.ClH/c17-14-3-1-13(2-4-14)5-6-16(11-20-8-7-19-12-20)21-10-15(9-18)22-16;/h1-4,7-8,12,15H,5-6,9-11H2;1H/t15-,16-;/m1./s1. The Kier molecular flexibility index (Phi) is 6.41. The van der Waals surface area contributed by atoms with Crippen molar-refractivity contribution < 1.29 is 13.9 Å². The molecule has 2 aromatic rings. The van der Waals surface area contributed by atoms with Crippen molar-refractivity contribution in [3.63, 3.8) is 0 Å². The van der Waals surface area contributed by atoms with E-state index in [-0.39, 0.29) is 19.0 Å². The third-order valence-corrected chi connectivity index (χ3v) is 4.03. The van der Waals surface area contributed by atoms with Crippen molar-refractivity contribution in [3.8, 4) is 0 Å². The van der Waals surface area contributed by atoms with Crippen LogP contribution in [0.4, 0.5) is 4.39 Å². The van der Waals surface area contributed by atoms with Crippen LogP contribution in [0.2, 0.25) is 5.02 Å². The number of aromatic nitrogens is 2. The quantitative estimate of drug-likeness (QED) is 0.788. The molecule has 1 aromatic carbocycles. The molecule has 2 heterocycles. The molecule has 2 atom stereocenters. The molecule has 0 radical (unpaired) electrons. The number of imidazole rings is 1. The normalized spacial score (nSPS) is 23.7. The van der Waals surface area contributed by atoms with Crippen LogP contribution in [0.5, 0.6) is 0 Å². The third kappa shape index (κ3) is 4.67. The zero-order valence-electron chi connectivity index (χ0n) is 12.5. The molecular weight excluding hydrogens is 342 g/mol. The number of alkyl halides is 1. The Bertz CT molecular complexity index is 595. The summed E-state index contributed by atoms with van der Waals surface area (Å²) in [5.41, 5.74) is 1.14. The maximum absolute atomic E-state index is 12.9. The molecule has 23 heavy (non-hydrogen) atoms. The second-order valence-electron chi connectivity index (χ2n) is 5.48. The monoisotopic (exact) mass is 360 g/mol. The lowest BCUT2D eigenvalue weighted by molar-refractivity contribution is -0.183. The van der Waals surface area contributed by atoms with Crippen molar-refractivity contribution >= 4 is 24.0 Å². The zero-order chi connectivity index (χ0) is 15.4. The summed E-state index contributed by atoms with van der Waals surface area (Å²) < 4.78 is 26.5. The Morgan fingerprint density at radius 1 is 1.35 bits per heavy atom. The minimum Gasteiger partial charge on any atom is -0.345 e. The molecule has 1 aliphatic heterocycles. The molecule has 1 saturated heterocycles. The van der Waals surface area contributed by atoms with Crippen molar-refractivity contribution in [3.05, 3.63) is 53.6 Å². The third-order valence-electron chi connectivity index (χ3n) is 3.78. The average Bonchev–Trinajstić information content (AvgIpc) is 3.17. The molecule has 4 nitrogen and oxygen atoms in total. The zero-order valence-corrected chi connectivity index (χ0v) is 14.1. The highest BCUT2D eigenvalue weighted by atomic mass is 35.5. The number of benzene rings is 1. The van der Waals surface area contributed by atoms with E-state index in [1.54, 1.807) is 12.5 Å². The van der Waals surface area contributed by atoms with Crippen LogP contribution in [0.3, 0.4) is 0 Å². The molecule has 7 heteroatoms. The first-order chi connectivity index (χ1) is 10.7. The lowest BCUT2D eigenvalue weighted by atomic mass is 10.0. The molecule has 0 aliphatic carbocycles. The number of hydrogen-bond donors (Lipinski definition) is 0. The van der Waals surface area contributed by atoms with Gasteiger partial charge in [0.05, 0.1) is 19.5 Å². The lowest BCUT2D eigenvalue weighted by Gasteiger charge is -2.28. The highest BCUT2D eigenvalue weighted by Crippen LogP contribution is 2.31. The van der Waals surface area contributed by atoms with E-state index in [9.17, 15) is 4.39 Å². The van der Waals surface area contributed by atoms with Crippen molar-refractivity contribution in [2.75, 3.05) is 13.3 Å².